The Hall–Kier alpha value is -1.82. The predicted octanol–water partition coefficient (Wildman–Crippen LogP) is 3.02. The van der Waals surface area contributed by atoms with Gasteiger partial charge in [-0.1, -0.05) is 13.3 Å². The highest BCUT2D eigenvalue weighted by atomic mass is 16.6. The molecule has 0 aliphatic heterocycles. The third kappa shape index (κ3) is 3.64. The SMILES string of the molecule is COc1cc(CN)c([N+](=O)[O-])cc1OC1CCCC(C)C1. The van der Waals surface area contributed by atoms with Crippen LogP contribution in [-0.2, 0) is 6.54 Å². The average molecular weight is 294 g/mol. The number of rotatable bonds is 5. The fourth-order valence-electron chi connectivity index (χ4n) is 2.84. The van der Waals surface area contributed by atoms with E-state index in [2.05, 4.69) is 6.92 Å². The normalized spacial score (nSPS) is 21.9. The van der Waals surface area contributed by atoms with Crippen LogP contribution >= 0.6 is 0 Å². The first kappa shape index (κ1) is 15.6. The van der Waals surface area contributed by atoms with Gasteiger partial charge in [0.05, 0.1) is 24.2 Å². The second-order valence-electron chi connectivity index (χ2n) is 5.60. The van der Waals surface area contributed by atoms with E-state index in [-0.39, 0.29) is 18.3 Å². The smallest absolute Gasteiger partial charge is 0.277 e. The summed E-state index contributed by atoms with van der Waals surface area (Å²) in [5, 5.41) is 11.1. The van der Waals surface area contributed by atoms with Gasteiger partial charge in [-0.2, -0.15) is 0 Å². The number of ether oxygens (including phenoxy) is 2. The highest BCUT2D eigenvalue weighted by Crippen LogP contribution is 2.37. The Morgan fingerprint density at radius 3 is 2.71 bits per heavy atom. The molecule has 2 atom stereocenters. The van der Waals surface area contributed by atoms with Gasteiger partial charge in [0.25, 0.3) is 5.69 Å². The summed E-state index contributed by atoms with van der Waals surface area (Å²) < 4.78 is 11.3. The van der Waals surface area contributed by atoms with E-state index in [0.717, 1.165) is 19.3 Å². The largest absolute Gasteiger partial charge is 0.493 e. The quantitative estimate of drug-likeness (QED) is 0.666. The Morgan fingerprint density at radius 1 is 1.38 bits per heavy atom. The fourth-order valence-corrected chi connectivity index (χ4v) is 2.84. The van der Waals surface area contributed by atoms with Gasteiger partial charge < -0.3 is 15.2 Å². The van der Waals surface area contributed by atoms with Crippen molar-refractivity contribution in [2.75, 3.05) is 7.11 Å². The maximum absolute atomic E-state index is 11.1. The van der Waals surface area contributed by atoms with Gasteiger partial charge in [0.15, 0.2) is 11.5 Å². The Morgan fingerprint density at radius 2 is 2.14 bits per heavy atom. The number of nitro groups is 1. The van der Waals surface area contributed by atoms with Gasteiger partial charge >= 0.3 is 0 Å². The van der Waals surface area contributed by atoms with E-state index < -0.39 is 4.92 Å². The first-order valence-electron chi connectivity index (χ1n) is 7.27. The van der Waals surface area contributed by atoms with Crippen molar-refractivity contribution in [2.45, 2.75) is 45.3 Å². The lowest BCUT2D eigenvalue weighted by Crippen LogP contribution is -2.24. The molecular formula is C15H22N2O4. The lowest BCUT2D eigenvalue weighted by Gasteiger charge is -2.28. The van der Waals surface area contributed by atoms with Gasteiger partial charge in [-0.3, -0.25) is 10.1 Å². The van der Waals surface area contributed by atoms with Gasteiger partial charge in [0, 0.05) is 12.1 Å². The molecule has 6 nitrogen and oxygen atoms in total. The summed E-state index contributed by atoms with van der Waals surface area (Å²) in [5.74, 6) is 1.55. The van der Waals surface area contributed by atoms with E-state index in [1.165, 1.54) is 19.6 Å². The molecule has 0 bridgehead atoms. The van der Waals surface area contributed by atoms with Crippen molar-refractivity contribution in [3.63, 3.8) is 0 Å². The van der Waals surface area contributed by atoms with Crippen LogP contribution in [0.2, 0.25) is 0 Å². The van der Waals surface area contributed by atoms with Crippen molar-refractivity contribution in [2.24, 2.45) is 11.7 Å². The standard InChI is InChI=1S/C15H22N2O4/c1-10-4-3-5-12(6-10)21-15-8-13(17(18)19)11(9-16)7-14(15)20-2/h7-8,10,12H,3-6,9,16H2,1-2H3. The second-order valence-corrected chi connectivity index (χ2v) is 5.60. The fraction of sp³-hybridized carbons (Fsp3) is 0.600. The molecule has 0 amide bonds. The molecule has 1 aromatic carbocycles. The van der Waals surface area contributed by atoms with Gasteiger partial charge in [-0.05, 0) is 31.2 Å². The molecule has 0 radical (unpaired) electrons. The molecule has 116 valence electrons. The van der Waals surface area contributed by atoms with E-state index in [4.69, 9.17) is 15.2 Å². The summed E-state index contributed by atoms with van der Waals surface area (Å²) in [6.07, 6.45) is 4.36. The molecular weight excluding hydrogens is 272 g/mol. The lowest BCUT2D eigenvalue weighted by atomic mass is 9.89. The molecule has 2 rings (SSSR count). The number of methoxy groups -OCH3 is 1. The number of nitrogens with zero attached hydrogens (tertiary/aromatic N) is 1. The molecule has 1 fully saturated rings. The van der Waals surface area contributed by atoms with Gasteiger partial charge in [0.2, 0.25) is 0 Å². The minimum absolute atomic E-state index is 0.0165. The van der Waals surface area contributed by atoms with Crippen molar-refractivity contribution in [1.29, 1.82) is 0 Å². The third-order valence-corrected chi connectivity index (χ3v) is 3.96. The second kappa shape index (κ2) is 6.76. The molecule has 1 aromatic rings. The van der Waals surface area contributed by atoms with Crippen molar-refractivity contribution < 1.29 is 14.4 Å². The van der Waals surface area contributed by atoms with Crippen LogP contribution in [0.4, 0.5) is 5.69 Å². The van der Waals surface area contributed by atoms with Gasteiger partial charge in [0.1, 0.15) is 0 Å². The van der Waals surface area contributed by atoms with E-state index >= 15 is 0 Å². The molecule has 0 spiro atoms. The Labute approximate surface area is 124 Å². The first-order valence-corrected chi connectivity index (χ1v) is 7.27. The molecule has 0 aromatic heterocycles. The summed E-state index contributed by atoms with van der Waals surface area (Å²) in [5.41, 5.74) is 5.99. The van der Waals surface area contributed by atoms with E-state index in [0.29, 0.717) is 23.0 Å². The molecule has 2 unspecified atom stereocenters. The van der Waals surface area contributed by atoms with E-state index in [1.54, 1.807) is 6.07 Å². The van der Waals surface area contributed by atoms with Gasteiger partial charge in [-0.15, -0.1) is 0 Å². The zero-order valence-electron chi connectivity index (χ0n) is 12.5. The number of nitrogens with two attached hydrogens (primary N) is 1. The third-order valence-electron chi connectivity index (χ3n) is 3.96. The summed E-state index contributed by atoms with van der Waals surface area (Å²) in [6.45, 7) is 2.29. The number of hydrogen-bond acceptors (Lipinski definition) is 5. The Kier molecular flexibility index (Phi) is 5.01. The van der Waals surface area contributed by atoms with Crippen LogP contribution in [-0.4, -0.2) is 18.1 Å². The van der Waals surface area contributed by atoms with Crippen molar-refractivity contribution >= 4 is 5.69 Å². The molecule has 1 aliphatic carbocycles. The maximum atomic E-state index is 11.1. The highest BCUT2D eigenvalue weighted by molar-refractivity contribution is 5.54. The van der Waals surface area contributed by atoms with Crippen LogP contribution in [0.5, 0.6) is 11.5 Å². The van der Waals surface area contributed by atoms with Crippen LogP contribution in [0.15, 0.2) is 12.1 Å². The average Bonchev–Trinajstić information content (AvgIpc) is 2.46. The molecule has 1 saturated carbocycles. The summed E-state index contributed by atoms with van der Waals surface area (Å²) in [6, 6.07) is 3.03. The Bertz CT molecular complexity index is 519. The first-order chi connectivity index (χ1) is 10.0. The van der Waals surface area contributed by atoms with Crippen molar-refractivity contribution in [1.82, 2.24) is 0 Å². The van der Waals surface area contributed by atoms with Crippen LogP contribution in [0.25, 0.3) is 0 Å². The minimum Gasteiger partial charge on any atom is -0.493 e. The summed E-state index contributed by atoms with van der Waals surface area (Å²) >= 11 is 0. The van der Waals surface area contributed by atoms with Crippen LogP contribution in [0.1, 0.15) is 38.2 Å². The molecule has 6 heteroatoms. The van der Waals surface area contributed by atoms with Crippen LogP contribution in [0, 0.1) is 16.0 Å². The number of benzene rings is 1. The number of hydrogen-bond donors (Lipinski definition) is 1. The Balaban J connectivity index is 2.28. The zero-order valence-corrected chi connectivity index (χ0v) is 12.5. The molecule has 0 saturated heterocycles. The highest BCUT2D eigenvalue weighted by Gasteiger charge is 2.24. The van der Waals surface area contributed by atoms with E-state index in [1.807, 2.05) is 0 Å². The monoisotopic (exact) mass is 294 g/mol. The van der Waals surface area contributed by atoms with E-state index in [9.17, 15) is 10.1 Å². The molecule has 0 heterocycles. The van der Waals surface area contributed by atoms with Crippen molar-refractivity contribution in [3.8, 4) is 11.5 Å². The van der Waals surface area contributed by atoms with Crippen molar-refractivity contribution in [3.05, 3.63) is 27.8 Å². The summed E-state index contributed by atoms with van der Waals surface area (Å²) in [7, 11) is 1.53. The molecule has 2 N–H and O–H groups in total. The zero-order chi connectivity index (χ0) is 15.4. The predicted molar refractivity (Wildman–Crippen MR) is 79.6 cm³/mol. The van der Waals surface area contributed by atoms with Crippen LogP contribution < -0.4 is 15.2 Å². The molecule has 21 heavy (non-hydrogen) atoms. The molecule has 1 aliphatic rings. The topological polar surface area (TPSA) is 87.6 Å². The van der Waals surface area contributed by atoms with Gasteiger partial charge in [-0.25, -0.2) is 0 Å². The lowest BCUT2D eigenvalue weighted by molar-refractivity contribution is -0.385. The van der Waals surface area contributed by atoms with Crippen LogP contribution in [0.3, 0.4) is 0 Å². The summed E-state index contributed by atoms with van der Waals surface area (Å²) in [4.78, 5) is 10.7. The maximum Gasteiger partial charge on any atom is 0.277 e. The minimum atomic E-state index is -0.433. The number of nitro benzene ring substituents is 1.